The molecule has 0 aromatic heterocycles. The Morgan fingerprint density at radius 2 is 2.00 bits per heavy atom. The minimum Gasteiger partial charge on any atom is -0.390 e. The number of hydrogen-bond donors (Lipinski definition) is 2. The molecule has 2 nitrogen and oxygen atoms in total. The molecule has 1 aromatic rings. The van der Waals surface area contributed by atoms with E-state index in [9.17, 15) is 5.11 Å². The van der Waals surface area contributed by atoms with Crippen molar-refractivity contribution in [2.24, 2.45) is 5.41 Å². The minimum atomic E-state index is -0.315. The van der Waals surface area contributed by atoms with E-state index in [1.54, 1.807) is 0 Å². The molecule has 0 radical (unpaired) electrons. The fraction of sp³-hybridized carbons (Fsp3) is 0.538. The van der Waals surface area contributed by atoms with Crippen LogP contribution in [0.3, 0.4) is 0 Å². The zero-order valence-electron chi connectivity index (χ0n) is 9.62. The van der Waals surface area contributed by atoms with Crippen molar-refractivity contribution in [2.45, 2.75) is 39.3 Å². The van der Waals surface area contributed by atoms with Crippen molar-refractivity contribution in [1.29, 1.82) is 0 Å². The standard InChI is InChI=1S/C13H19NO/c1-13(2,3)12(15)11-8-9-6-4-5-7-10(9)14-11/h4-7,11-12,14-15H,8H2,1-3H3. The van der Waals surface area contributed by atoms with Crippen molar-refractivity contribution in [2.75, 3.05) is 5.32 Å². The summed E-state index contributed by atoms with van der Waals surface area (Å²) in [6.45, 7) is 6.22. The molecule has 1 heterocycles. The van der Waals surface area contributed by atoms with E-state index < -0.39 is 0 Å². The van der Waals surface area contributed by atoms with Gasteiger partial charge in [0.05, 0.1) is 12.1 Å². The molecule has 0 spiro atoms. The van der Waals surface area contributed by atoms with Gasteiger partial charge in [0.15, 0.2) is 0 Å². The van der Waals surface area contributed by atoms with Crippen molar-refractivity contribution < 1.29 is 5.11 Å². The third-order valence-electron chi connectivity index (χ3n) is 3.07. The monoisotopic (exact) mass is 205 g/mol. The number of anilines is 1. The summed E-state index contributed by atoms with van der Waals surface area (Å²) in [5.41, 5.74) is 2.41. The lowest BCUT2D eigenvalue weighted by Crippen LogP contribution is -2.41. The molecular weight excluding hydrogens is 186 g/mol. The van der Waals surface area contributed by atoms with Crippen molar-refractivity contribution in [3.63, 3.8) is 0 Å². The molecule has 1 aliphatic heterocycles. The maximum atomic E-state index is 10.2. The Morgan fingerprint density at radius 1 is 1.33 bits per heavy atom. The van der Waals surface area contributed by atoms with E-state index in [1.165, 1.54) is 11.3 Å². The van der Waals surface area contributed by atoms with Gasteiger partial charge in [-0.2, -0.15) is 0 Å². The van der Waals surface area contributed by atoms with E-state index in [4.69, 9.17) is 0 Å². The highest BCUT2D eigenvalue weighted by Crippen LogP contribution is 2.32. The highest BCUT2D eigenvalue weighted by atomic mass is 16.3. The Kier molecular flexibility index (Phi) is 2.47. The van der Waals surface area contributed by atoms with E-state index in [-0.39, 0.29) is 17.6 Å². The number of benzene rings is 1. The van der Waals surface area contributed by atoms with E-state index in [1.807, 2.05) is 12.1 Å². The molecule has 0 bridgehead atoms. The lowest BCUT2D eigenvalue weighted by molar-refractivity contribution is 0.0480. The molecule has 2 atom stereocenters. The first-order valence-corrected chi connectivity index (χ1v) is 5.51. The maximum Gasteiger partial charge on any atom is 0.0792 e. The van der Waals surface area contributed by atoms with Crippen LogP contribution in [0.5, 0.6) is 0 Å². The van der Waals surface area contributed by atoms with Gasteiger partial charge in [0, 0.05) is 5.69 Å². The zero-order valence-corrected chi connectivity index (χ0v) is 9.62. The van der Waals surface area contributed by atoms with Gasteiger partial charge in [-0.1, -0.05) is 39.0 Å². The zero-order chi connectivity index (χ0) is 11.1. The molecular formula is C13H19NO. The SMILES string of the molecule is CC(C)(C)C(O)C1Cc2ccccc2N1. The second-order valence-electron chi connectivity index (χ2n) is 5.42. The predicted molar refractivity (Wildman–Crippen MR) is 63.0 cm³/mol. The highest BCUT2D eigenvalue weighted by molar-refractivity contribution is 5.56. The summed E-state index contributed by atoms with van der Waals surface area (Å²) in [5.74, 6) is 0. The first-order chi connectivity index (χ1) is 6.98. The quantitative estimate of drug-likeness (QED) is 0.738. The highest BCUT2D eigenvalue weighted by Gasteiger charge is 2.33. The second kappa shape index (κ2) is 3.53. The van der Waals surface area contributed by atoms with Gasteiger partial charge in [-0.3, -0.25) is 0 Å². The molecule has 0 fully saturated rings. The van der Waals surface area contributed by atoms with E-state index in [2.05, 4.69) is 38.2 Å². The van der Waals surface area contributed by atoms with Crippen molar-refractivity contribution in [1.82, 2.24) is 0 Å². The lowest BCUT2D eigenvalue weighted by atomic mass is 9.84. The molecule has 2 rings (SSSR count). The normalized spacial score (nSPS) is 22.0. The minimum absolute atomic E-state index is 0.0697. The Bertz CT molecular complexity index is 329. The molecule has 0 aliphatic carbocycles. The first kappa shape index (κ1) is 10.5. The van der Waals surface area contributed by atoms with Crippen LogP contribution in [0.2, 0.25) is 0 Å². The Hall–Kier alpha value is -1.02. The van der Waals surface area contributed by atoms with Gasteiger partial charge in [-0.05, 0) is 23.5 Å². The summed E-state index contributed by atoms with van der Waals surface area (Å²) in [4.78, 5) is 0. The third-order valence-corrected chi connectivity index (χ3v) is 3.07. The Labute approximate surface area is 91.3 Å². The van der Waals surface area contributed by atoms with E-state index in [0.717, 1.165) is 6.42 Å². The average molecular weight is 205 g/mol. The van der Waals surface area contributed by atoms with Gasteiger partial charge in [0.1, 0.15) is 0 Å². The molecule has 2 unspecified atom stereocenters. The predicted octanol–water partition coefficient (Wildman–Crippen LogP) is 2.43. The van der Waals surface area contributed by atoms with Crippen LogP contribution >= 0.6 is 0 Å². The molecule has 0 amide bonds. The van der Waals surface area contributed by atoms with Gasteiger partial charge >= 0.3 is 0 Å². The second-order valence-corrected chi connectivity index (χ2v) is 5.42. The van der Waals surface area contributed by atoms with Gasteiger partial charge in [0.2, 0.25) is 0 Å². The summed E-state index contributed by atoms with van der Waals surface area (Å²) in [6, 6.07) is 8.43. The van der Waals surface area contributed by atoms with Crippen molar-refractivity contribution in [3.8, 4) is 0 Å². The number of rotatable bonds is 1. The topological polar surface area (TPSA) is 32.3 Å². The largest absolute Gasteiger partial charge is 0.390 e. The van der Waals surface area contributed by atoms with Gasteiger partial charge in [-0.25, -0.2) is 0 Å². The van der Waals surface area contributed by atoms with Gasteiger partial charge in [-0.15, -0.1) is 0 Å². The number of aliphatic hydroxyl groups is 1. The fourth-order valence-corrected chi connectivity index (χ4v) is 2.12. The van der Waals surface area contributed by atoms with Crippen LogP contribution in [0.25, 0.3) is 0 Å². The van der Waals surface area contributed by atoms with Crippen LogP contribution in [0.4, 0.5) is 5.69 Å². The molecule has 1 aliphatic rings. The smallest absolute Gasteiger partial charge is 0.0792 e. The first-order valence-electron chi connectivity index (χ1n) is 5.51. The number of hydrogen-bond acceptors (Lipinski definition) is 2. The van der Waals surface area contributed by atoms with Crippen molar-refractivity contribution >= 4 is 5.69 Å². The van der Waals surface area contributed by atoms with Crippen LogP contribution in [0, 0.1) is 5.41 Å². The summed E-state index contributed by atoms with van der Waals surface area (Å²) in [6.07, 6.45) is 0.610. The molecule has 15 heavy (non-hydrogen) atoms. The fourth-order valence-electron chi connectivity index (χ4n) is 2.12. The molecule has 2 heteroatoms. The lowest BCUT2D eigenvalue weighted by Gasteiger charge is -2.31. The number of para-hydroxylation sites is 1. The van der Waals surface area contributed by atoms with E-state index >= 15 is 0 Å². The summed E-state index contributed by atoms with van der Waals surface area (Å²) >= 11 is 0. The molecule has 2 N–H and O–H groups in total. The van der Waals surface area contributed by atoms with Crippen molar-refractivity contribution in [3.05, 3.63) is 29.8 Å². The van der Waals surface area contributed by atoms with Crippen LogP contribution in [-0.4, -0.2) is 17.3 Å². The number of nitrogens with one attached hydrogen (secondary N) is 1. The van der Waals surface area contributed by atoms with Crippen LogP contribution in [0.15, 0.2) is 24.3 Å². The van der Waals surface area contributed by atoms with E-state index in [0.29, 0.717) is 0 Å². The summed E-state index contributed by atoms with van der Waals surface area (Å²) in [7, 11) is 0. The number of fused-ring (bicyclic) bond motifs is 1. The van der Waals surface area contributed by atoms with Gasteiger partial charge < -0.3 is 10.4 Å². The van der Waals surface area contributed by atoms with Gasteiger partial charge in [0.25, 0.3) is 0 Å². The third kappa shape index (κ3) is 2.00. The van der Waals surface area contributed by atoms with Crippen LogP contribution < -0.4 is 5.32 Å². The van der Waals surface area contributed by atoms with Crippen LogP contribution in [0.1, 0.15) is 26.3 Å². The maximum absolute atomic E-state index is 10.2. The summed E-state index contributed by atoms with van der Waals surface area (Å²) < 4.78 is 0. The summed E-state index contributed by atoms with van der Waals surface area (Å²) in [5, 5.41) is 13.6. The Morgan fingerprint density at radius 3 is 2.60 bits per heavy atom. The molecule has 0 saturated heterocycles. The Balaban J connectivity index is 2.14. The average Bonchev–Trinajstić information content (AvgIpc) is 2.58. The van der Waals surface area contributed by atoms with Crippen LogP contribution in [-0.2, 0) is 6.42 Å². The number of aliphatic hydroxyl groups excluding tert-OH is 1. The molecule has 1 aromatic carbocycles. The molecule has 82 valence electrons. The molecule has 0 saturated carbocycles.